The SMILES string of the molecule is CCCCCCOc1cnc(-c2ccc(-c3ccc(OCC(C)OCCCCCl)cc3)cc2)nc1. The molecule has 35 heavy (non-hydrogen) atoms. The third-order valence-corrected chi connectivity index (χ3v) is 5.91. The van der Waals surface area contributed by atoms with Crippen molar-refractivity contribution < 1.29 is 14.2 Å². The first-order valence-corrected chi connectivity index (χ1v) is 13.2. The average molecular weight is 497 g/mol. The van der Waals surface area contributed by atoms with Gasteiger partial charge in [0.15, 0.2) is 11.6 Å². The number of hydrogen-bond acceptors (Lipinski definition) is 5. The number of ether oxygens (including phenoxy) is 3. The van der Waals surface area contributed by atoms with E-state index >= 15 is 0 Å². The Labute approximate surface area is 214 Å². The van der Waals surface area contributed by atoms with Crippen molar-refractivity contribution in [2.24, 2.45) is 0 Å². The summed E-state index contributed by atoms with van der Waals surface area (Å²) in [4.78, 5) is 8.94. The molecule has 0 radical (unpaired) electrons. The van der Waals surface area contributed by atoms with E-state index in [1.165, 1.54) is 19.3 Å². The second kappa shape index (κ2) is 15.4. The van der Waals surface area contributed by atoms with Crippen molar-refractivity contribution in [1.29, 1.82) is 0 Å². The van der Waals surface area contributed by atoms with Crippen LogP contribution in [0.3, 0.4) is 0 Å². The summed E-state index contributed by atoms with van der Waals surface area (Å²) < 4.78 is 17.3. The highest BCUT2D eigenvalue weighted by Gasteiger charge is 2.06. The Balaban J connectivity index is 1.47. The van der Waals surface area contributed by atoms with Gasteiger partial charge in [-0.15, -0.1) is 11.6 Å². The maximum absolute atomic E-state index is 5.87. The molecule has 0 aliphatic rings. The highest BCUT2D eigenvalue weighted by molar-refractivity contribution is 6.17. The minimum atomic E-state index is 0.0474. The predicted octanol–water partition coefficient (Wildman–Crippen LogP) is 7.57. The van der Waals surface area contributed by atoms with Crippen molar-refractivity contribution in [2.75, 3.05) is 25.7 Å². The van der Waals surface area contributed by atoms with E-state index in [0.717, 1.165) is 47.5 Å². The Morgan fingerprint density at radius 3 is 2.00 bits per heavy atom. The second-order valence-corrected chi connectivity index (χ2v) is 9.02. The van der Waals surface area contributed by atoms with Crippen molar-refractivity contribution >= 4 is 11.6 Å². The van der Waals surface area contributed by atoms with Crippen LogP contribution in [0.25, 0.3) is 22.5 Å². The maximum atomic E-state index is 5.87. The molecule has 0 aliphatic carbocycles. The molecular formula is C29H37ClN2O3. The van der Waals surface area contributed by atoms with Gasteiger partial charge in [-0.25, -0.2) is 9.97 Å². The van der Waals surface area contributed by atoms with E-state index in [1.807, 2.05) is 31.2 Å². The van der Waals surface area contributed by atoms with Crippen molar-refractivity contribution in [1.82, 2.24) is 9.97 Å². The summed E-state index contributed by atoms with van der Waals surface area (Å²) in [6, 6.07) is 16.4. The van der Waals surface area contributed by atoms with Gasteiger partial charge in [-0.1, -0.05) is 62.6 Å². The number of benzene rings is 2. The van der Waals surface area contributed by atoms with Crippen LogP contribution in [0.4, 0.5) is 0 Å². The van der Waals surface area contributed by atoms with Gasteiger partial charge in [-0.3, -0.25) is 0 Å². The summed E-state index contributed by atoms with van der Waals surface area (Å²) in [7, 11) is 0. The highest BCUT2D eigenvalue weighted by atomic mass is 35.5. The quantitative estimate of drug-likeness (QED) is 0.151. The number of rotatable bonds is 16. The second-order valence-electron chi connectivity index (χ2n) is 8.64. The largest absolute Gasteiger partial charge is 0.491 e. The normalized spacial score (nSPS) is 11.9. The lowest BCUT2D eigenvalue weighted by atomic mass is 10.0. The van der Waals surface area contributed by atoms with Gasteiger partial charge in [0.25, 0.3) is 0 Å². The molecule has 0 aliphatic heterocycles. The molecule has 1 unspecified atom stereocenters. The summed E-state index contributed by atoms with van der Waals surface area (Å²) in [6.45, 7) is 6.18. The number of alkyl halides is 1. The van der Waals surface area contributed by atoms with Crippen LogP contribution in [-0.2, 0) is 4.74 Å². The first-order valence-electron chi connectivity index (χ1n) is 12.7. The molecule has 0 amide bonds. The molecule has 3 rings (SSSR count). The number of hydrogen-bond donors (Lipinski definition) is 0. The minimum absolute atomic E-state index is 0.0474. The highest BCUT2D eigenvalue weighted by Crippen LogP contribution is 2.25. The van der Waals surface area contributed by atoms with Crippen molar-refractivity contribution in [3.8, 4) is 34.0 Å². The van der Waals surface area contributed by atoms with Crippen molar-refractivity contribution in [2.45, 2.75) is 58.5 Å². The average Bonchev–Trinajstić information content (AvgIpc) is 2.91. The fourth-order valence-electron chi connectivity index (χ4n) is 3.56. The van der Waals surface area contributed by atoms with E-state index < -0.39 is 0 Å². The zero-order chi connectivity index (χ0) is 24.7. The lowest BCUT2D eigenvalue weighted by molar-refractivity contribution is 0.0309. The number of aromatic nitrogens is 2. The summed E-state index contributed by atoms with van der Waals surface area (Å²) in [5, 5.41) is 0. The first-order chi connectivity index (χ1) is 17.2. The van der Waals surface area contributed by atoms with E-state index in [-0.39, 0.29) is 6.10 Å². The van der Waals surface area contributed by atoms with E-state index in [0.29, 0.717) is 31.5 Å². The smallest absolute Gasteiger partial charge is 0.159 e. The van der Waals surface area contributed by atoms with Crippen LogP contribution in [0.5, 0.6) is 11.5 Å². The van der Waals surface area contributed by atoms with Crippen LogP contribution >= 0.6 is 11.6 Å². The van der Waals surface area contributed by atoms with E-state index in [9.17, 15) is 0 Å². The van der Waals surface area contributed by atoms with Gasteiger partial charge in [0.05, 0.1) is 25.1 Å². The van der Waals surface area contributed by atoms with Crippen LogP contribution in [0.1, 0.15) is 52.4 Å². The van der Waals surface area contributed by atoms with Crippen molar-refractivity contribution in [3.63, 3.8) is 0 Å². The standard InChI is InChI=1S/C29H37ClN2O3/c1-3-4-5-7-19-34-28-20-31-29(32-21-28)26-11-9-24(10-12-26)25-13-15-27(16-14-25)35-22-23(2)33-18-8-6-17-30/h9-16,20-21,23H,3-8,17-19,22H2,1-2H3. The predicted molar refractivity (Wildman–Crippen MR) is 143 cm³/mol. The summed E-state index contributed by atoms with van der Waals surface area (Å²) in [6.07, 6.45) is 10.2. The van der Waals surface area contributed by atoms with Gasteiger partial charge in [0, 0.05) is 18.1 Å². The molecule has 0 fully saturated rings. The molecule has 6 heteroatoms. The van der Waals surface area contributed by atoms with E-state index in [4.69, 9.17) is 25.8 Å². The molecule has 0 spiro atoms. The number of nitrogens with zero attached hydrogens (tertiary/aromatic N) is 2. The third kappa shape index (κ3) is 9.50. The van der Waals surface area contributed by atoms with Crippen LogP contribution in [0.15, 0.2) is 60.9 Å². The molecule has 0 bridgehead atoms. The fraction of sp³-hybridized carbons (Fsp3) is 0.448. The number of halogens is 1. The molecule has 0 saturated carbocycles. The molecular weight excluding hydrogens is 460 g/mol. The molecule has 0 saturated heterocycles. The molecule has 1 aromatic heterocycles. The van der Waals surface area contributed by atoms with E-state index in [2.05, 4.69) is 41.2 Å². The molecule has 2 aromatic carbocycles. The number of unbranched alkanes of at least 4 members (excludes halogenated alkanes) is 4. The fourth-order valence-corrected chi connectivity index (χ4v) is 3.75. The molecule has 3 aromatic rings. The molecule has 1 atom stereocenters. The van der Waals surface area contributed by atoms with Gasteiger partial charge >= 0.3 is 0 Å². The Bertz CT molecular complexity index is 963. The minimum Gasteiger partial charge on any atom is -0.491 e. The van der Waals surface area contributed by atoms with Crippen molar-refractivity contribution in [3.05, 3.63) is 60.9 Å². The van der Waals surface area contributed by atoms with E-state index in [1.54, 1.807) is 12.4 Å². The van der Waals surface area contributed by atoms with Gasteiger partial charge in [-0.2, -0.15) is 0 Å². The van der Waals surface area contributed by atoms with Crippen LogP contribution < -0.4 is 9.47 Å². The monoisotopic (exact) mass is 496 g/mol. The zero-order valence-electron chi connectivity index (χ0n) is 20.9. The zero-order valence-corrected chi connectivity index (χ0v) is 21.7. The lowest BCUT2D eigenvalue weighted by Gasteiger charge is -2.14. The van der Waals surface area contributed by atoms with Gasteiger partial charge in [0.1, 0.15) is 12.4 Å². The summed E-state index contributed by atoms with van der Waals surface area (Å²) in [5.41, 5.74) is 3.23. The lowest BCUT2D eigenvalue weighted by Crippen LogP contribution is -2.18. The van der Waals surface area contributed by atoms with Crippen LogP contribution in [-0.4, -0.2) is 41.8 Å². The Kier molecular flexibility index (Phi) is 11.9. The summed E-state index contributed by atoms with van der Waals surface area (Å²) >= 11 is 5.69. The van der Waals surface area contributed by atoms with Crippen LogP contribution in [0.2, 0.25) is 0 Å². The third-order valence-electron chi connectivity index (χ3n) is 5.64. The maximum Gasteiger partial charge on any atom is 0.159 e. The Hall–Kier alpha value is -2.63. The van der Waals surface area contributed by atoms with Crippen LogP contribution in [0, 0.1) is 0 Å². The molecule has 0 N–H and O–H groups in total. The van der Waals surface area contributed by atoms with Gasteiger partial charge in [0.2, 0.25) is 0 Å². The molecule has 188 valence electrons. The molecule has 5 nitrogen and oxygen atoms in total. The molecule has 1 heterocycles. The topological polar surface area (TPSA) is 53.5 Å². The Morgan fingerprint density at radius 1 is 0.714 bits per heavy atom. The first kappa shape index (κ1) is 27.0. The Morgan fingerprint density at radius 2 is 1.34 bits per heavy atom. The van der Waals surface area contributed by atoms with Gasteiger partial charge < -0.3 is 14.2 Å². The summed E-state index contributed by atoms with van der Waals surface area (Å²) in [5.74, 6) is 2.93. The van der Waals surface area contributed by atoms with Gasteiger partial charge in [-0.05, 0) is 49.4 Å².